The molecule has 140 valence electrons. The molecule has 25 heavy (non-hydrogen) atoms. The van der Waals surface area contributed by atoms with Gasteiger partial charge in [-0.2, -0.15) is 0 Å². The van der Waals surface area contributed by atoms with Gasteiger partial charge < -0.3 is 4.90 Å². The number of benzene rings is 1. The van der Waals surface area contributed by atoms with Crippen molar-refractivity contribution in [3.05, 3.63) is 35.4 Å². The monoisotopic (exact) mass is 345 g/mol. The van der Waals surface area contributed by atoms with E-state index in [0.717, 1.165) is 44.3 Å². The van der Waals surface area contributed by atoms with E-state index in [1.807, 2.05) is 36.9 Å². The fraction of sp³-hybridized carbons (Fsp3) is 0.636. The second-order valence-corrected chi connectivity index (χ2v) is 7.12. The van der Waals surface area contributed by atoms with Crippen LogP contribution >= 0.6 is 0 Å². The molecule has 0 aliphatic carbocycles. The van der Waals surface area contributed by atoms with Crippen molar-refractivity contribution >= 4 is 11.7 Å². The largest absolute Gasteiger partial charge is 0.343 e. The van der Waals surface area contributed by atoms with Gasteiger partial charge in [0.05, 0.1) is 0 Å². The minimum atomic E-state index is 0.115. The summed E-state index contributed by atoms with van der Waals surface area (Å²) < 4.78 is 0. The molecule has 0 N–H and O–H groups in total. The van der Waals surface area contributed by atoms with E-state index in [1.54, 1.807) is 6.92 Å². The van der Waals surface area contributed by atoms with Crippen LogP contribution in [0.2, 0.25) is 0 Å². The molecule has 0 unspecified atom stereocenters. The maximum absolute atomic E-state index is 12.2. The van der Waals surface area contributed by atoms with Gasteiger partial charge >= 0.3 is 0 Å². The second kappa shape index (κ2) is 11.1. The molecule has 1 fully saturated rings. The summed E-state index contributed by atoms with van der Waals surface area (Å²) in [6.07, 6.45) is 4.80. The molecule has 2 rings (SSSR count). The molecular weight excluding hydrogens is 310 g/mol. The predicted octanol–water partition coefficient (Wildman–Crippen LogP) is 5.45. The Morgan fingerprint density at radius 2 is 1.80 bits per heavy atom. The highest BCUT2D eigenvalue weighted by atomic mass is 16.2. The topological polar surface area (TPSA) is 37.4 Å². The van der Waals surface area contributed by atoms with Crippen LogP contribution in [0.5, 0.6) is 0 Å². The number of rotatable bonds is 6. The molecule has 0 aromatic heterocycles. The van der Waals surface area contributed by atoms with Gasteiger partial charge in [0.1, 0.15) is 0 Å². The van der Waals surface area contributed by atoms with E-state index in [1.165, 1.54) is 5.56 Å². The van der Waals surface area contributed by atoms with E-state index in [4.69, 9.17) is 0 Å². The molecule has 0 spiro atoms. The number of carbonyl (C=O) groups is 2. The average molecular weight is 346 g/mol. The van der Waals surface area contributed by atoms with Crippen molar-refractivity contribution < 1.29 is 9.59 Å². The van der Waals surface area contributed by atoms with Crippen LogP contribution in [0, 0.1) is 5.92 Å². The van der Waals surface area contributed by atoms with Crippen LogP contribution in [0.4, 0.5) is 0 Å². The number of carbonyl (C=O) groups excluding carboxylic acids is 2. The first-order valence-electron chi connectivity index (χ1n) is 9.86. The third-order valence-electron chi connectivity index (χ3n) is 4.78. The zero-order chi connectivity index (χ0) is 18.8. The Kier molecular flexibility index (Phi) is 9.48. The second-order valence-electron chi connectivity index (χ2n) is 7.12. The molecule has 0 bridgehead atoms. The molecule has 1 aliphatic rings. The maximum Gasteiger partial charge on any atom is 0.222 e. The summed E-state index contributed by atoms with van der Waals surface area (Å²) in [4.78, 5) is 25.8. The van der Waals surface area contributed by atoms with Crippen LogP contribution in [-0.2, 0) is 4.79 Å². The van der Waals surface area contributed by atoms with E-state index >= 15 is 0 Å². The molecule has 1 aromatic rings. The lowest BCUT2D eigenvalue weighted by molar-refractivity contribution is -0.132. The van der Waals surface area contributed by atoms with E-state index in [9.17, 15) is 9.59 Å². The Bertz CT molecular complexity index is 543. The maximum atomic E-state index is 12.2. The van der Waals surface area contributed by atoms with Crippen LogP contribution in [-0.4, -0.2) is 29.7 Å². The molecule has 1 heterocycles. The number of amides is 1. The normalized spacial score (nSPS) is 14.9. The Hall–Kier alpha value is -1.64. The molecular formula is C22H35NO2. The highest BCUT2D eigenvalue weighted by Crippen LogP contribution is 2.29. The lowest BCUT2D eigenvalue weighted by Gasteiger charge is -2.32. The van der Waals surface area contributed by atoms with Crippen molar-refractivity contribution in [2.45, 2.75) is 72.6 Å². The molecule has 1 aliphatic heterocycles. The summed E-state index contributed by atoms with van der Waals surface area (Å²) in [5.74, 6) is 1.56. The van der Waals surface area contributed by atoms with E-state index in [0.29, 0.717) is 24.2 Å². The van der Waals surface area contributed by atoms with Crippen molar-refractivity contribution in [1.29, 1.82) is 0 Å². The van der Waals surface area contributed by atoms with E-state index < -0.39 is 0 Å². The van der Waals surface area contributed by atoms with Gasteiger partial charge in [-0.15, -0.1) is 0 Å². The van der Waals surface area contributed by atoms with Gasteiger partial charge in [-0.3, -0.25) is 9.59 Å². The molecule has 0 saturated carbocycles. The number of likely N-dealkylation sites (tertiary alicyclic amines) is 1. The quantitative estimate of drug-likeness (QED) is 0.643. The standard InChI is InChI=1S/C20H29NO2.C2H6/c1-15(2)6-4-9-20(23)21-12-10-17(11-13-21)19-8-5-7-18(14-19)16(3)22;1-2/h5,7-8,14-15,17H,4,6,9-13H2,1-3H3;1-2H3. The Morgan fingerprint density at radius 3 is 2.36 bits per heavy atom. The number of ketones is 1. The summed E-state index contributed by atoms with van der Waals surface area (Å²) >= 11 is 0. The van der Waals surface area contributed by atoms with E-state index in [-0.39, 0.29) is 5.78 Å². The fourth-order valence-corrected chi connectivity index (χ4v) is 3.29. The van der Waals surface area contributed by atoms with Crippen LogP contribution in [0.1, 0.15) is 88.6 Å². The summed E-state index contributed by atoms with van der Waals surface area (Å²) in [6, 6.07) is 7.97. The minimum absolute atomic E-state index is 0.115. The van der Waals surface area contributed by atoms with Crippen LogP contribution < -0.4 is 0 Å². The Morgan fingerprint density at radius 1 is 1.16 bits per heavy atom. The first-order chi connectivity index (χ1) is 12.0. The summed E-state index contributed by atoms with van der Waals surface area (Å²) in [6.45, 7) is 11.7. The van der Waals surface area contributed by atoms with Gasteiger partial charge in [-0.25, -0.2) is 0 Å². The first-order valence-corrected chi connectivity index (χ1v) is 9.86. The molecule has 1 amide bonds. The number of hydrogen-bond donors (Lipinski definition) is 0. The molecule has 3 heteroatoms. The Labute approximate surface area is 153 Å². The summed E-state index contributed by atoms with van der Waals surface area (Å²) in [5, 5.41) is 0. The number of nitrogens with zero attached hydrogens (tertiary/aromatic N) is 1. The molecule has 1 aromatic carbocycles. The van der Waals surface area contributed by atoms with Crippen molar-refractivity contribution in [2.24, 2.45) is 5.92 Å². The van der Waals surface area contributed by atoms with Crippen LogP contribution in [0.15, 0.2) is 24.3 Å². The minimum Gasteiger partial charge on any atom is -0.343 e. The zero-order valence-electron chi connectivity index (χ0n) is 16.7. The lowest BCUT2D eigenvalue weighted by atomic mass is 9.88. The predicted molar refractivity (Wildman–Crippen MR) is 105 cm³/mol. The van der Waals surface area contributed by atoms with E-state index in [2.05, 4.69) is 19.9 Å². The van der Waals surface area contributed by atoms with Crippen molar-refractivity contribution in [2.75, 3.05) is 13.1 Å². The van der Waals surface area contributed by atoms with Gasteiger partial charge in [0.25, 0.3) is 0 Å². The number of Topliss-reactive ketones (excluding diaryl/α,β-unsaturated/α-hetero) is 1. The van der Waals surface area contributed by atoms with Gasteiger partial charge in [-0.1, -0.05) is 52.3 Å². The molecule has 0 radical (unpaired) electrons. The number of piperidine rings is 1. The molecule has 1 saturated heterocycles. The third kappa shape index (κ3) is 7.01. The fourth-order valence-electron chi connectivity index (χ4n) is 3.29. The van der Waals surface area contributed by atoms with Crippen molar-refractivity contribution in [3.8, 4) is 0 Å². The van der Waals surface area contributed by atoms with Gasteiger partial charge in [0.15, 0.2) is 5.78 Å². The Balaban J connectivity index is 0.00000151. The summed E-state index contributed by atoms with van der Waals surface area (Å²) in [5.41, 5.74) is 2.03. The third-order valence-corrected chi connectivity index (χ3v) is 4.78. The molecule has 0 atom stereocenters. The highest BCUT2D eigenvalue weighted by Gasteiger charge is 2.23. The van der Waals surface area contributed by atoms with Gasteiger partial charge in [0.2, 0.25) is 5.91 Å². The van der Waals surface area contributed by atoms with Gasteiger partial charge in [-0.05, 0) is 49.7 Å². The summed E-state index contributed by atoms with van der Waals surface area (Å²) in [7, 11) is 0. The highest BCUT2D eigenvalue weighted by molar-refractivity contribution is 5.94. The van der Waals surface area contributed by atoms with Crippen molar-refractivity contribution in [3.63, 3.8) is 0 Å². The first kappa shape index (κ1) is 21.4. The van der Waals surface area contributed by atoms with Crippen LogP contribution in [0.25, 0.3) is 0 Å². The SMILES string of the molecule is CC.CC(=O)c1cccc(C2CCN(C(=O)CCCC(C)C)CC2)c1. The zero-order valence-corrected chi connectivity index (χ0v) is 16.7. The molecule has 3 nitrogen and oxygen atoms in total. The lowest BCUT2D eigenvalue weighted by Crippen LogP contribution is -2.37. The number of hydrogen-bond acceptors (Lipinski definition) is 2. The smallest absolute Gasteiger partial charge is 0.222 e. The van der Waals surface area contributed by atoms with Gasteiger partial charge in [0, 0.05) is 25.1 Å². The van der Waals surface area contributed by atoms with Crippen molar-refractivity contribution in [1.82, 2.24) is 4.90 Å². The van der Waals surface area contributed by atoms with Crippen LogP contribution in [0.3, 0.4) is 0 Å². The average Bonchev–Trinajstić information content (AvgIpc) is 2.63.